The van der Waals surface area contributed by atoms with Crippen molar-refractivity contribution in [2.75, 3.05) is 19.5 Å². The summed E-state index contributed by atoms with van der Waals surface area (Å²) in [7, 11) is 2.98. The Morgan fingerprint density at radius 2 is 2.10 bits per heavy atom. The number of methoxy groups -OCH3 is 2. The maximum Gasteiger partial charge on any atom is 0.358 e. The summed E-state index contributed by atoms with van der Waals surface area (Å²) >= 11 is 1.19. The number of rotatable bonds is 5. The molecule has 0 saturated heterocycles. The normalized spacial score (nSPS) is 21.8. The Labute approximate surface area is 121 Å². The van der Waals surface area contributed by atoms with Crippen LogP contribution in [0.2, 0.25) is 0 Å². The van der Waals surface area contributed by atoms with Crippen molar-refractivity contribution in [3.8, 4) is 0 Å². The zero-order valence-corrected chi connectivity index (χ0v) is 12.6. The van der Waals surface area contributed by atoms with Gasteiger partial charge < -0.3 is 14.8 Å². The predicted octanol–water partition coefficient (Wildman–Crippen LogP) is 2.11. The average Bonchev–Trinajstić information content (AvgIpc) is 3.05. The Hall–Kier alpha value is -1.47. The number of ketones is 1. The van der Waals surface area contributed by atoms with Gasteiger partial charge in [0.15, 0.2) is 16.6 Å². The molecule has 0 spiro atoms. The topological polar surface area (TPSA) is 77.5 Å². The van der Waals surface area contributed by atoms with E-state index in [1.54, 1.807) is 7.11 Å². The molecule has 0 radical (unpaired) electrons. The predicted molar refractivity (Wildman–Crippen MR) is 75.5 cm³/mol. The zero-order chi connectivity index (χ0) is 14.7. The molecule has 0 amide bonds. The number of thiazole rings is 1. The van der Waals surface area contributed by atoms with Gasteiger partial charge in [-0.05, 0) is 19.3 Å². The lowest BCUT2D eigenvalue weighted by Crippen LogP contribution is -2.17. The van der Waals surface area contributed by atoms with Crippen LogP contribution in [0.3, 0.4) is 0 Å². The summed E-state index contributed by atoms with van der Waals surface area (Å²) in [6.45, 7) is 1.42. The summed E-state index contributed by atoms with van der Waals surface area (Å²) in [5.74, 6) is -0.766. The van der Waals surface area contributed by atoms with Crippen LogP contribution in [-0.4, -0.2) is 43.1 Å². The molecule has 1 aliphatic carbocycles. The quantitative estimate of drug-likeness (QED) is 0.662. The van der Waals surface area contributed by atoms with E-state index in [0.717, 1.165) is 19.3 Å². The number of nitrogens with one attached hydrogen (secondary N) is 1. The van der Waals surface area contributed by atoms with Crippen LogP contribution in [0, 0.1) is 0 Å². The molecule has 1 saturated carbocycles. The molecule has 1 aromatic heterocycles. The second-order valence-electron chi connectivity index (χ2n) is 4.76. The fourth-order valence-corrected chi connectivity index (χ4v) is 3.24. The molecular formula is C13H18N2O4S. The minimum atomic E-state index is -0.583. The Kier molecular flexibility index (Phi) is 4.72. The SMILES string of the molecule is COC(=O)c1nc(NC2CCC(OC)C2)sc1C(C)=O. The highest BCUT2D eigenvalue weighted by Gasteiger charge is 2.27. The van der Waals surface area contributed by atoms with Crippen LogP contribution >= 0.6 is 11.3 Å². The lowest BCUT2D eigenvalue weighted by Gasteiger charge is -2.11. The number of esters is 1. The molecule has 20 heavy (non-hydrogen) atoms. The number of anilines is 1. The van der Waals surface area contributed by atoms with Crippen molar-refractivity contribution < 1.29 is 19.1 Å². The third kappa shape index (κ3) is 3.16. The smallest absolute Gasteiger partial charge is 0.358 e. The van der Waals surface area contributed by atoms with E-state index in [-0.39, 0.29) is 23.6 Å². The number of nitrogens with zero attached hydrogens (tertiary/aromatic N) is 1. The van der Waals surface area contributed by atoms with Gasteiger partial charge >= 0.3 is 5.97 Å². The van der Waals surface area contributed by atoms with Gasteiger partial charge in [0.1, 0.15) is 4.88 Å². The molecule has 2 atom stereocenters. The van der Waals surface area contributed by atoms with Gasteiger partial charge in [-0.15, -0.1) is 0 Å². The molecule has 2 unspecified atom stereocenters. The second kappa shape index (κ2) is 6.32. The molecule has 2 rings (SSSR count). The average molecular weight is 298 g/mol. The molecule has 0 aliphatic heterocycles. The Bertz CT molecular complexity index is 514. The van der Waals surface area contributed by atoms with Crippen molar-refractivity contribution in [3.63, 3.8) is 0 Å². The number of aromatic nitrogens is 1. The molecule has 6 nitrogen and oxygen atoms in total. The van der Waals surface area contributed by atoms with Crippen LogP contribution in [-0.2, 0) is 9.47 Å². The molecule has 1 fully saturated rings. The van der Waals surface area contributed by atoms with E-state index in [4.69, 9.17) is 4.74 Å². The van der Waals surface area contributed by atoms with Gasteiger partial charge in [-0.2, -0.15) is 0 Å². The minimum Gasteiger partial charge on any atom is -0.464 e. The van der Waals surface area contributed by atoms with E-state index >= 15 is 0 Å². The molecular weight excluding hydrogens is 280 g/mol. The van der Waals surface area contributed by atoms with Crippen LogP contribution in [0.5, 0.6) is 0 Å². The monoisotopic (exact) mass is 298 g/mol. The summed E-state index contributed by atoms with van der Waals surface area (Å²) in [6.07, 6.45) is 3.16. The van der Waals surface area contributed by atoms with E-state index < -0.39 is 5.97 Å². The van der Waals surface area contributed by atoms with Crippen LogP contribution < -0.4 is 5.32 Å². The van der Waals surface area contributed by atoms with Gasteiger partial charge in [0, 0.05) is 20.1 Å². The lowest BCUT2D eigenvalue weighted by molar-refractivity contribution is 0.0591. The van der Waals surface area contributed by atoms with Gasteiger partial charge in [-0.3, -0.25) is 4.79 Å². The number of Topliss-reactive ketones (excluding diaryl/α,β-unsaturated/α-hetero) is 1. The standard InChI is InChI=1S/C13H18N2O4S/c1-7(16)11-10(12(17)19-3)15-13(20-11)14-8-4-5-9(6-8)18-2/h8-9H,4-6H2,1-3H3,(H,14,15). The van der Waals surface area contributed by atoms with E-state index in [0.29, 0.717) is 10.0 Å². The fraction of sp³-hybridized carbons (Fsp3) is 0.615. The van der Waals surface area contributed by atoms with Crippen molar-refractivity contribution in [2.45, 2.75) is 38.3 Å². The van der Waals surface area contributed by atoms with E-state index in [1.807, 2.05) is 0 Å². The van der Waals surface area contributed by atoms with Gasteiger partial charge in [0.2, 0.25) is 0 Å². The van der Waals surface area contributed by atoms with Crippen LogP contribution in [0.25, 0.3) is 0 Å². The first-order chi connectivity index (χ1) is 9.55. The third-order valence-electron chi connectivity index (χ3n) is 3.37. The van der Waals surface area contributed by atoms with Gasteiger partial charge in [-0.25, -0.2) is 9.78 Å². The number of carbonyl (C=O) groups excluding carboxylic acids is 2. The van der Waals surface area contributed by atoms with Gasteiger partial charge in [0.05, 0.1) is 13.2 Å². The van der Waals surface area contributed by atoms with Crippen molar-refractivity contribution in [2.24, 2.45) is 0 Å². The Morgan fingerprint density at radius 1 is 1.35 bits per heavy atom. The molecule has 0 bridgehead atoms. The van der Waals surface area contributed by atoms with Gasteiger partial charge in [-0.1, -0.05) is 11.3 Å². The first-order valence-electron chi connectivity index (χ1n) is 6.44. The summed E-state index contributed by atoms with van der Waals surface area (Å²) in [5, 5.41) is 3.85. The third-order valence-corrected chi connectivity index (χ3v) is 4.46. The molecule has 0 aromatic carbocycles. The zero-order valence-electron chi connectivity index (χ0n) is 11.8. The van der Waals surface area contributed by atoms with Crippen LogP contribution in [0.15, 0.2) is 0 Å². The molecule has 1 heterocycles. The summed E-state index contributed by atoms with van der Waals surface area (Å²) in [5.41, 5.74) is 0.0915. The summed E-state index contributed by atoms with van der Waals surface area (Å²) in [6, 6.07) is 0.261. The van der Waals surface area contributed by atoms with E-state index in [2.05, 4.69) is 15.0 Å². The maximum absolute atomic E-state index is 11.6. The molecule has 7 heteroatoms. The number of hydrogen-bond donors (Lipinski definition) is 1. The second-order valence-corrected chi connectivity index (χ2v) is 5.76. The number of ether oxygens (including phenoxy) is 2. The first-order valence-corrected chi connectivity index (χ1v) is 7.26. The van der Waals surface area contributed by atoms with Crippen molar-refractivity contribution in [1.29, 1.82) is 0 Å². The molecule has 110 valence electrons. The minimum absolute atomic E-state index is 0.0915. The summed E-state index contributed by atoms with van der Waals surface area (Å²) in [4.78, 5) is 27.7. The maximum atomic E-state index is 11.6. The number of hydrogen-bond acceptors (Lipinski definition) is 7. The summed E-state index contributed by atoms with van der Waals surface area (Å²) < 4.78 is 9.97. The fourth-order valence-electron chi connectivity index (χ4n) is 2.32. The van der Waals surface area contributed by atoms with Crippen molar-refractivity contribution >= 4 is 28.2 Å². The molecule has 1 aromatic rings. The first kappa shape index (κ1) is 14.9. The molecule has 1 N–H and O–H groups in total. The highest BCUT2D eigenvalue weighted by atomic mass is 32.1. The number of carbonyl (C=O) groups is 2. The molecule has 1 aliphatic rings. The highest BCUT2D eigenvalue weighted by Crippen LogP contribution is 2.29. The van der Waals surface area contributed by atoms with Gasteiger partial charge in [0.25, 0.3) is 0 Å². The lowest BCUT2D eigenvalue weighted by atomic mass is 10.2. The van der Waals surface area contributed by atoms with Crippen LogP contribution in [0.1, 0.15) is 46.3 Å². The van der Waals surface area contributed by atoms with E-state index in [1.165, 1.54) is 25.4 Å². The largest absolute Gasteiger partial charge is 0.464 e. The Morgan fingerprint density at radius 3 is 2.65 bits per heavy atom. The van der Waals surface area contributed by atoms with Crippen molar-refractivity contribution in [3.05, 3.63) is 10.6 Å². The van der Waals surface area contributed by atoms with Crippen molar-refractivity contribution in [1.82, 2.24) is 4.98 Å². The van der Waals surface area contributed by atoms with Crippen LogP contribution in [0.4, 0.5) is 5.13 Å². The Balaban J connectivity index is 2.13. The van der Waals surface area contributed by atoms with E-state index in [9.17, 15) is 9.59 Å². The highest BCUT2D eigenvalue weighted by molar-refractivity contribution is 7.17.